The molecule has 2 N–H and O–H groups in total. The predicted octanol–water partition coefficient (Wildman–Crippen LogP) is 3.30. The van der Waals surface area contributed by atoms with E-state index in [0.717, 1.165) is 5.56 Å². The molecule has 0 aromatic heterocycles. The summed E-state index contributed by atoms with van der Waals surface area (Å²) in [5, 5.41) is 15.5. The number of nitriles is 1. The molecule has 2 aliphatic rings. The number of halogens is 1. The van der Waals surface area contributed by atoms with Crippen molar-refractivity contribution in [2.45, 2.75) is 57.5 Å². The molecular formula is C27H29FN4O3. The lowest BCUT2D eigenvalue weighted by Gasteiger charge is -2.28. The molecule has 0 bridgehead atoms. The van der Waals surface area contributed by atoms with E-state index in [9.17, 15) is 24.0 Å². The van der Waals surface area contributed by atoms with Gasteiger partial charge in [0.2, 0.25) is 17.7 Å². The molecule has 2 aliphatic heterocycles. The number of carbonyl (C=O) groups is 3. The van der Waals surface area contributed by atoms with E-state index < -0.39 is 46.9 Å². The average Bonchev–Trinajstić information content (AvgIpc) is 3.36. The van der Waals surface area contributed by atoms with Gasteiger partial charge in [0, 0.05) is 32.8 Å². The lowest BCUT2D eigenvalue weighted by atomic mass is 9.80. The maximum absolute atomic E-state index is 13.8. The van der Waals surface area contributed by atoms with E-state index in [-0.39, 0.29) is 25.3 Å². The fourth-order valence-corrected chi connectivity index (χ4v) is 4.85. The van der Waals surface area contributed by atoms with Crippen molar-refractivity contribution in [2.75, 3.05) is 11.9 Å². The summed E-state index contributed by atoms with van der Waals surface area (Å²) in [7, 11) is 0. The van der Waals surface area contributed by atoms with Gasteiger partial charge in [-0.15, -0.1) is 0 Å². The van der Waals surface area contributed by atoms with E-state index >= 15 is 0 Å². The Labute approximate surface area is 205 Å². The lowest BCUT2D eigenvalue weighted by Crippen LogP contribution is -2.52. The Morgan fingerprint density at radius 1 is 1.29 bits per heavy atom. The first-order valence-corrected chi connectivity index (χ1v) is 11.5. The fourth-order valence-electron chi connectivity index (χ4n) is 4.85. The minimum atomic E-state index is -1.13. The topological polar surface area (TPSA) is 102 Å². The highest BCUT2D eigenvalue weighted by atomic mass is 19.1. The van der Waals surface area contributed by atoms with E-state index in [0.29, 0.717) is 11.3 Å². The predicted molar refractivity (Wildman–Crippen MR) is 129 cm³/mol. The Morgan fingerprint density at radius 2 is 1.97 bits per heavy atom. The second-order valence-electron chi connectivity index (χ2n) is 10.3. The quantitative estimate of drug-likeness (QED) is 0.690. The van der Waals surface area contributed by atoms with Crippen LogP contribution in [0.3, 0.4) is 0 Å². The molecule has 0 radical (unpaired) electrons. The zero-order chi connectivity index (χ0) is 26.3. The fraction of sp³-hybridized carbons (Fsp3) is 0.407. The van der Waals surface area contributed by atoms with Crippen LogP contribution in [0.15, 0.2) is 48.5 Å². The number of nitrogens with one attached hydrogen (secondary N) is 2. The van der Waals surface area contributed by atoms with Gasteiger partial charge in [0.15, 0.2) is 0 Å². The van der Waals surface area contributed by atoms with Crippen LogP contribution < -0.4 is 10.6 Å². The van der Waals surface area contributed by atoms with Gasteiger partial charge in [-0.1, -0.05) is 51.1 Å². The van der Waals surface area contributed by atoms with Crippen molar-refractivity contribution in [3.8, 4) is 6.07 Å². The van der Waals surface area contributed by atoms with E-state index in [4.69, 9.17) is 1.37 Å². The van der Waals surface area contributed by atoms with Gasteiger partial charge >= 0.3 is 0 Å². The van der Waals surface area contributed by atoms with Crippen LogP contribution in [0.1, 0.15) is 46.1 Å². The average molecular weight is 478 g/mol. The van der Waals surface area contributed by atoms with Gasteiger partial charge in [0.25, 0.3) is 0 Å². The molecule has 182 valence electrons. The van der Waals surface area contributed by atoms with Crippen LogP contribution in [0.4, 0.5) is 10.1 Å². The standard InChI is InChI=1S/C27H29FN4O3/c1-26(2,3)14-23(33)30-22(12-17-8-10-18(28)11-9-17)24(34)32-16-27(13-19(32)15-29)20-6-4-5-7-21(20)31-25(27)35/h4-11,19,22H,12-14,16H2,1-3H3,(H,30,33)(H,31,35)/t19-,22-,27-/m0/s1/i14D/t14-,19+,22+,27+/m1. The van der Waals surface area contributed by atoms with E-state index in [1.54, 1.807) is 32.9 Å². The van der Waals surface area contributed by atoms with Crippen molar-refractivity contribution < 1.29 is 20.1 Å². The number of anilines is 1. The van der Waals surface area contributed by atoms with Crippen LogP contribution in [-0.4, -0.2) is 41.2 Å². The Bertz CT molecular complexity index is 1240. The van der Waals surface area contributed by atoms with Crippen LogP contribution >= 0.6 is 0 Å². The third-order valence-electron chi connectivity index (χ3n) is 6.45. The molecule has 8 heteroatoms. The molecule has 1 spiro atoms. The van der Waals surface area contributed by atoms with Crippen LogP contribution in [0.25, 0.3) is 0 Å². The maximum Gasteiger partial charge on any atom is 0.246 e. The molecule has 0 aliphatic carbocycles. The number of likely N-dealkylation sites (tertiary alicyclic amines) is 1. The molecule has 2 heterocycles. The first-order chi connectivity index (χ1) is 17.0. The number of hydrogen-bond acceptors (Lipinski definition) is 4. The summed E-state index contributed by atoms with van der Waals surface area (Å²) in [4.78, 5) is 41.2. The van der Waals surface area contributed by atoms with Crippen molar-refractivity contribution in [3.63, 3.8) is 0 Å². The first-order valence-electron chi connectivity index (χ1n) is 12.1. The number of fused-ring (bicyclic) bond motifs is 2. The van der Waals surface area contributed by atoms with Gasteiger partial charge in [0.1, 0.15) is 17.9 Å². The first kappa shape index (κ1) is 23.0. The minimum absolute atomic E-state index is 0.00767. The van der Waals surface area contributed by atoms with Crippen LogP contribution in [0.5, 0.6) is 0 Å². The summed E-state index contributed by atoms with van der Waals surface area (Å²) in [6.45, 7) is 5.26. The van der Waals surface area contributed by atoms with Gasteiger partial charge in [0.05, 0.1) is 11.5 Å². The van der Waals surface area contributed by atoms with E-state index in [1.165, 1.54) is 29.2 Å². The summed E-state index contributed by atoms with van der Waals surface area (Å²) in [5.41, 5.74) is 0.293. The largest absolute Gasteiger partial charge is 0.344 e. The lowest BCUT2D eigenvalue weighted by molar-refractivity contribution is -0.137. The number of benzene rings is 2. The van der Waals surface area contributed by atoms with Gasteiger partial charge in [-0.3, -0.25) is 14.4 Å². The Morgan fingerprint density at radius 3 is 2.63 bits per heavy atom. The Kier molecular flexibility index (Phi) is 6.01. The molecule has 3 amide bonds. The summed E-state index contributed by atoms with van der Waals surface area (Å²) in [6, 6.07) is 13.0. The zero-order valence-electron chi connectivity index (χ0n) is 21.0. The van der Waals surface area contributed by atoms with Crippen molar-refractivity contribution in [1.29, 1.82) is 5.26 Å². The molecule has 7 nitrogen and oxygen atoms in total. The Hall–Kier alpha value is -3.73. The third kappa shape index (κ3) is 4.90. The third-order valence-corrected chi connectivity index (χ3v) is 6.45. The van der Waals surface area contributed by atoms with Crippen LogP contribution in [0.2, 0.25) is 0 Å². The second-order valence-corrected chi connectivity index (χ2v) is 10.3. The molecular weight excluding hydrogens is 447 g/mol. The van der Waals surface area contributed by atoms with Crippen molar-refractivity contribution in [1.82, 2.24) is 10.2 Å². The van der Waals surface area contributed by atoms with Crippen molar-refractivity contribution >= 4 is 23.4 Å². The van der Waals surface area contributed by atoms with Crippen molar-refractivity contribution in [3.05, 3.63) is 65.5 Å². The number of amides is 3. The molecule has 4 rings (SSSR count). The molecule has 1 saturated heterocycles. The maximum atomic E-state index is 13.8. The smallest absolute Gasteiger partial charge is 0.246 e. The molecule has 2 aromatic rings. The highest BCUT2D eigenvalue weighted by molar-refractivity contribution is 6.07. The molecule has 4 atom stereocenters. The normalized spacial score (nSPS) is 23.2. The van der Waals surface area contributed by atoms with E-state index in [1.807, 2.05) is 12.1 Å². The van der Waals surface area contributed by atoms with Gasteiger partial charge in [-0.05, 0) is 34.7 Å². The molecule has 0 saturated carbocycles. The van der Waals surface area contributed by atoms with Gasteiger partial charge in [-0.25, -0.2) is 4.39 Å². The Balaban J connectivity index is 1.65. The number of carbonyl (C=O) groups excluding carboxylic acids is 3. The summed E-state index contributed by atoms with van der Waals surface area (Å²) in [6.07, 6.45) is -0.949. The van der Waals surface area contributed by atoms with Gasteiger partial charge < -0.3 is 15.5 Å². The summed E-state index contributed by atoms with van der Waals surface area (Å²) < 4.78 is 21.8. The summed E-state index contributed by atoms with van der Waals surface area (Å²) >= 11 is 0. The van der Waals surface area contributed by atoms with Crippen molar-refractivity contribution in [2.24, 2.45) is 5.41 Å². The van der Waals surface area contributed by atoms with E-state index in [2.05, 4.69) is 16.7 Å². The second kappa shape index (κ2) is 9.14. The summed E-state index contributed by atoms with van der Waals surface area (Å²) in [5.74, 6) is -1.83. The highest BCUT2D eigenvalue weighted by Crippen LogP contribution is 2.46. The number of para-hydroxylation sites is 1. The molecule has 35 heavy (non-hydrogen) atoms. The number of hydrogen-bond donors (Lipinski definition) is 2. The molecule has 0 unspecified atom stereocenters. The zero-order valence-corrected chi connectivity index (χ0v) is 20.0. The molecule has 1 fully saturated rings. The van der Waals surface area contributed by atoms with Crippen LogP contribution in [0, 0.1) is 22.6 Å². The molecule has 2 aromatic carbocycles. The van der Waals surface area contributed by atoms with Crippen LogP contribution in [-0.2, 0) is 26.2 Å². The van der Waals surface area contributed by atoms with Gasteiger partial charge in [-0.2, -0.15) is 5.26 Å². The number of nitrogens with zero attached hydrogens (tertiary/aromatic N) is 2. The highest BCUT2D eigenvalue weighted by Gasteiger charge is 2.56. The minimum Gasteiger partial charge on any atom is -0.344 e. The number of rotatable bonds is 5. The SMILES string of the molecule is [2H][C@H](C(=O)N[C@@H](Cc1ccc(F)cc1)C(=O)N1C[C@]2(C[C@H]1C#N)C(=O)Nc1ccccc12)C(C)(C)C. The monoisotopic (exact) mass is 477 g/mol.